The van der Waals surface area contributed by atoms with Gasteiger partial charge in [-0.25, -0.2) is 8.42 Å². The first-order valence-electron chi connectivity index (χ1n) is 14.5. The molecule has 9 heteroatoms. The predicted molar refractivity (Wildman–Crippen MR) is 179 cm³/mol. The van der Waals surface area contributed by atoms with Crippen molar-refractivity contribution >= 4 is 43.5 Å². The van der Waals surface area contributed by atoms with Crippen LogP contribution in [0.5, 0.6) is 0 Å². The second kappa shape index (κ2) is 14.7. The van der Waals surface area contributed by atoms with Crippen LogP contribution in [0.1, 0.15) is 42.0 Å². The van der Waals surface area contributed by atoms with Gasteiger partial charge in [0.05, 0.1) is 10.6 Å². The molecule has 0 fully saturated rings. The summed E-state index contributed by atoms with van der Waals surface area (Å²) in [6.45, 7) is 5.62. The van der Waals surface area contributed by atoms with Crippen LogP contribution in [-0.4, -0.2) is 44.8 Å². The van der Waals surface area contributed by atoms with E-state index < -0.39 is 28.5 Å². The molecule has 230 valence electrons. The summed E-state index contributed by atoms with van der Waals surface area (Å²) in [5.74, 6) is -0.593. The van der Waals surface area contributed by atoms with Crippen molar-refractivity contribution < 1.29 is 18.0 Å². The van der Waals surface area contributed by atoms with Gasteiger partial charge in [0.25, 0.3) is 10.0 Å². The van der Waals surface area contributed by atoms with Crippen LogP contribution in [0.4, 0.5) is 5.69 Å². The Labute approximate surface area is 269 Å². The topological polar surface area (TPSA) is 86.8 Å². The van der Waals surface area contributed by atoms with E-state index in [-0.39, 0.29) is 29.7 Å². The van der Waals surface area contributed by atoms with Gasteiger partial charge in [-0.1, -0.05) is 102 Å². The average Bonchev–Trinajstić information content (AvgIpc) is 3.01. The lowest BCUT2D eigenvalue weighted by molar-refractivity contribution is -0.139. The third-order valence-electron chi connectivity index (χ3n) is 7.50. The fourth-order valence-corrected chi connectivity index (χ4v) is 6.81. The summed E-state index contributed by atoms with van der Waals surface area (Å²) < 4.78 is 30.3. The van der Waals surface area contributed by atoms with E-state index >= 15 is 0 Å². The smallest absolute Gasteiger partial charge is 0.264 e. The number of amides is 2. The Bertz CT molecular complexity index is 1680. The molecule has 0 bridgehead atoms. The molecule has 0 aromatic heterocycles. The molecule has 1 atom stereocenters. The molecule has 0 spiro atoms. The quantitative estimate of drug-likeness (QED) is 0.187. The maximum absolute atomic E-state index is 14.4. The highest BCUT2D eigenvalue weighted by atomic mass is 79.9. The van der Waals surface area contributed by atoms with E-state index in [9.17, 15) is 18.0 Å². The Hall–Kier alpha value is -3.95. The Morgan fingerprint density at radius 2 is 1.48 bits per heavy atom. The number of anilines is 1. The maximum atomic E-state index is 14.4. The van der Waals surface area contributed by atoms with Crippen LogP contribution >= 0.6 is 15.9 Å². The summed E-state index contributed by atoms with van der Waals surface area (Å²) >= 11 is 3.50. The molecular weight excluding hydrogens is 638 g/mol. The molecule has 4 rings (SSSR count). The normalized spacial score (nSPS) is 12.0. The molecule has 4 aromatic carbocycles. The number of nitrogens with zero attached hydrogens (tertiary/aromatic N) is 2. The van der Waals surface area contributed by atoms with Crippen molar-refractivity contribution in [3.8, 4) is 0 Å². The van der Waals surface area contributed by atoms with E-state index in [4.69, 9.17) is 0 Å². The highest BCUT2D eigenvalue weighted by molar-refractivity contribution is 9.10. The minimum atomic E-state index is -4.14. The zero-order valence-corrected chi connectivity index (χ0v) is 27.8. The zero-order chi connectivity index (χ0) is 31.9. The van der Waals surface area contributed by atoms with Crippen molar-refractivity contribution in [2.24, 2.45) is 0 Å². The fraction of sp³-hybridized carbons (Fsp3) is 0.257. The molecule has 0 aliphatic carbocycles. The van der Waals surface area contributed by atoms with E-state index in [0.717, 1.165) is 31.0 Å². The van der Waals surface area contributed by atoms with E-state index in [1.807, 2.05) is 73.7 Å². The molecule has 1 N–H and O–H groups in total. The van der Waals surface area contributed by atoms with Crippen LogP contribution in [0.2, 0.25) is 0 Å². The number of aryl methyl sites for hydroxylation is 1. The van der Waals surface area contributed by atoms with Gasteiger partial charge in [0.15, 0.2) is 0 Å². The third kappa shape index (κ3) is 8.15. The lowest BCUT2D eigenvalue weighted by Gasteiger charge is -2.33. The minimum Gasteiger partial charge on any atom is -0.357 e. The summed E-state index contributed by atoms with van der Waals surface area (Å²) in [5, 5.41) is 2.71. The number of likely N-dealkylation sites (N-methyl/N-ethyl adjacent to an activating group) is 1. The lowest BCUT2D eigenvalue weighted by atomic mass is 10.0. The number of hydrogen-bond donors (Lipinski definition) is 1. The van der Waals surface area contributed by atoms with Gasteiger partial charge in [0.2, 0.25) is 11.8 Å². The van der Waals surface area contributed by atoms with Crippen molar-refractivity contribution in [3.05, 3.63) is 130 Å². The molecule has 0 unspecified atom stereocenters. The van der Waals surface area contributed by atoms with Gasteiger partial charge in [-0.05, 0) is 65.9 Å². The first kappa shape index (κ1) is 33.0. The summed E-state index contributed by atoms with van der Waals surface area (Å²) in [4.78, 5) is 29.3. The number of halogens is 1. The number of nitrogens with one attached hydrogen (secondary N) is 1. The third-order valence-corrected chi connectivity index (χ3v) is 9.78. The molecule has 0 aliphatic heterocycles. The highest BCUT2D eigenvalue weighted by Crippen LogP contribution is 2.27. The fourth-order valence-electron chi connectivity index (χ4n) is 4.94. The minimum absolute atomic E-state index is 0.0783. The van der Waals surface area contributed by atoms with Crippen molar-refractivity contribution in [2.45, 2.75) is 50.6 Å². The molecule has 44 heavy (non-hydrogen) atoms. The SMILES string of the molecule is CNC(=O)[C@@H](Cc1ccccc1)N(Cc1cccc(Br)c1)C(=O)CN(c1ccc(C(C)C)cc1)S(=O)(=O)c1ccc(C)cc1. The Kier molecular flexibility index (Phi) is 11.0. The lowest BCUT2D eigenvalue weighted by Crippen LogP contribution is -2.53. The zero-order valence-electron chi connectivity index (χ0n) is 25.4. The van der Waals surface area contributed by atoms with Crippen LogP contribution in [0.15, 0.2) is 112 Å². The number of benzene rings is 4. The van der Waals surface area contributed by atoms with E-state index in [0.29, 0.717) is 5.69 Å². The standard InChI is InChI=1S/C35H38BrN3O4S/c1-25(2)29-15-17-31(18-16-29)39(44(42,43)32-19-13-26(3)14-20-32)24-34(40)38(23-28-11-8-12-30(36)21-28)33(35(41)37-4)22-27-9-6-5-7-10-27/h5-21,25,33H,22-24H2,1-4H3,(H,37,41)/t33-/m1/s1. The summed E-state index contributed by atoms with van der Waals surface area (Å²) in [6, 6.07) is 29.9. The molecule has 4 aromatic rings. The van der Waals surface area contributed by atoms with Gasteiger partial charge in [-0.2, -0.15) is 0 Å². The first-order valence-corrected chi connectivity index (χ1v) is 16.7. The first-order chi connectivity index (χ1) is 21.0. The van der Waals surface area contributed by atoms with Gasteiger partial charge in [0.1, 0.15) is 12.6 Å². The van der Waals surface area contributed by atoms with Crippen LogP contribution in [0.3, 0.4) is 0 Å². The molecule has 0 heterocycles. The number of hydrogen-bond acceptors (Lipinski definition) is 4. The number of sulfonamides is 1. The monoisotopic (exact) mass is 675 g/mol. The van der Waals surface area contributed by atoms with Gasteiger partial charge >= 0.3 is 0 Å². The van der Waals surface area contributed by atoms with Crippen molar-refractivity contribution in [3.63, 3.8) is 0 Å². The largest absolute Gasteiger partial charge is 0.357 e. The van der Waals surface area contributed by atoms with Crippen molar-refractivity contribution in [1.29, 1.82) is 0 Å². The highest BCUT2D eigenvalue weighted by Gasteiger charge is 2.34. The van der Waals surface area contributed by atoms with Crippen LogP contribution in [0.25, 0.3) is 0 Å². The van der Waals surface area contributed by atoms with Crippen LogP contribution < -0.4 is 9.62 Å². The molecular formula is C35H38BrN3O4S. The Morgan fingerprint density at radius 1 is 0.841 bits per heavy atom. The Balaban J connectivity index is 1.79. The second-order valence-corrected chi connectivity index (χ2v) is 13.8. The van der Waals surface area contributed by atoms with Crippen LogP contribution in [-0.2, 0) is 32.6 Å². The van der Waals surface area contributed by atoms with Gasteiger partial charge in [-0.3, -0.25) is 13.9 Å². The molecule has 0 aliphatic rings. The van der Waals surface area contributed by atoms with Gasteiger partial charge in [0, 0.05) is 24.5 Å². The average molecular weight is 677 g/mol. The molecule has 0 radical (unpaired) electrons. The number of carbonyl (C=O) groups is 2. The van der Waals surface area contributed by atoms with Crippen LogP contribution in [0, 0.1) is 6.92 Å². The number of carbonyl (C=O) groups excluding carboxylic acids is 2. The van der Waals surface area contributed by atoms with E-state index in [2.05, 4.69) is 35.1 Å². The number of rotatable bonds is 12. The Morgan fingerprint density at radius 3 is 2.07 bits per heavy atom. The van der Waals surface area contributed by atoms with Gasteiger partial charge in [-0.15, -0.1) is 0 Å². The molecule has 7 nitrogen and oxygen atoms in total. The molecule has 2 amide bonds. The summed E-state index contributed by atoms with van der Waals surface area (Å²) in [5.41, 5.74) is 4.00. The summed E-state index contributed by atoms with van der Waals surface area (Å²) in [6.07, 6.45) is 0.258. The second-order valence-electron chi connectivity index (χ2n) is 11.0. The molecule has 0 saturated heterocycles. The van der Waals surface area contributed by atoms with E-state index in [1.54, 1.807) is 36.4 Å². The molecule has 0 saturated carbocycles. The van der Waals surface area contributed by atoms with Gasteiger partial charge < -0.3 is 10.2 Å². The van der Waals surface area contributed by atoms with Crippen molar-refractivity contribution in [1.82, 2.24) is 10.2 Å². The predicted octanol–water partition coefficient (Wildman–Crippen LogP) is 6.46. The summed E-state index contributed by atoms with van der Waals surface area (Å²) in [7, 11) is -2.61. The van der Waals surface area contributed by atoms with E-state index in [1.165, 1.54) is 11.9 Å². The maximum Gasteiger partial charge on any atom is 0.264 e. The van der Waals surface area contributed by atoms with Crippen molar-refractivity contribution in [2.75, 3.05) is 17.9 Å².